The summed E-state index contributed by atoms with van der Waals surface area (Å²) in [6.07, 6.45) is 0.109. The number of nitrogens with one attached hydrogen (secondary N) is 2. The first kappa shape index (κ1) is 19.3. The number of fused-ring (bicyclic) bond motifs is 1. The molecular weight excluding hydrogens is 395 g/mol. The Morgan fingerprint density at radius 3 is 2.68 bits per heavy atom. The van der Waals surface area contributed by atoms with Crippen LogP contribution in [0.25, 0.3) is 0 Å². The first-order valence-electron chi connectivity index (χ1n) is 8.92. The summed E-state index contributed by atoms with van der Waals surface area (Å²) in [4.78, 5) is 8.39. The van der Waals surface area contributed by atoms with Gasteiger partial charge in [-0.05, 0) is 12.8 Å². The molecule has 2 aromatic rings. The monoisotopic (exact) mass is 412 g/mol. The van der Waals surface area contributed by atoms with Gasteiger partial charge in [0, 0.05) is 17.1 Å². The van der Waals surface area contributed by atoms with E-state index in [1.807, 2.05) is 0 Å². The Kier molecular flexibility index (Phi) is 5.11. The van der Waals surface area contributed by atoms with E-state index in [2.05, 4.69) is 20.6 Å². The lowest BCUT2D eigenvalue weighted by Crippen LogP contribution is -2.34. The maximum atomic E-state index is 13.2. The number of alkyl halides is 3. The highest BCUT2D eigenvalue weighted by molar-refractivity contribution is 6.62. The van der Waals surface area contributed by atoms with Gasteiger partial charge in [-0.25, -0.2) is 4.98 Å². The number of aromatic nitrogens is 2. The Morgan fingerprint density at radius 1 is 1.21 bits per heavy atom. The van der Waals surface area contributed by atoms with Crippen LogP contribution in [0.4, 0.5) is 24.9 Å². The maximum absolute atomic E-state index is 13.2. The number of hydrogen-bond acceptors (Lipinski definition) is 6. The molecule has 0 amide bonds. The Hall–Kier alpha value is -2.04. The molecule has 148 valence electrons. The Morgan fingerprint density at radius 2 is 1.96 bits per heavy atom. The zero-order valence-electron chi connectivity index (χ0n) is 14.6. The largest absolute Gasteiger partial charge is 0.493 e. The first-order chi connectivity index (χ1) is 13.3. The van der Waals surface area contributed by atoms with E-state index in [1.54, 1.807) is 0 Å². The second-order valence-corrected chi connectivity index (χ2v) is 7.24. The third kappa shape index (κ3) is 3.76. The van der Waals surface area contributed by atoms with Crippen molar-refractivity contribution in [1.29, 1.82) is 0 Å². The van der Waals surface area contributed by atoms with Gasteiger partial charge in [-0.3, -0.25) is 0 Å². The van der Waals surface area contributed by atoms with E-state index in [4.69, 9.17) is 16.3 Å². The molecule has 1 aromatic carbocycles. The van der Waals surface area contributed by atoms with Crippen LogP contribution in [0.2, 0.25) is 5.02 Å². The summed E-state index contributed by atoms with van der Waals surface area (Å²) in [5.41, 5.74) is -1.04. The van der Waals surface area contributed by atoms with Crippen LogP contribution < -0.4 is 16.1 Å². The SMILES string of the molecule is OB1OC(Nc2ncc(Cl)c(NC3CCCC3)n2)c2cccc(C(F)(F)F)c21. The lowest BCUT2D eigenvalue weighted by atomic mass is 9.76. The molecule has 6 nitrogen and oxygen atoms in total. The molecule has 1 saturated carbocycles. The molecule has 1 atom stereocenters. The normalized spacial score (nSPS) is 19.8. The summed E-state index contributed by atoms with van der Waals surface area (Å²) < 4.78 is 45.0. The van der Waals surface area contributed by atoms with Gasteiger partial charge >= 0.3 is 13.3 Å². The molecule has 11 heteroatoms. The molecule has 4 rings (SSSR count). The molecule has 0 radical (unpaired) electrons. The minimum atomic E-state index is -4.60. The second kappa shape index (κ2) is 7.42. The highest BCUT2D eigenvalue weighted by atomic mass is 35.5. The van der Waals surface area contributed by atoms with Crippen molar-refractivity contribution < 1.29 is 22.8 Å². The summed E-state index contributed by atoms with van der Waals surface area (Å²) >= 11 is 6.15. The fourth-order valence-corrected chi connectivity index (χ4v) is 3.78. The van der Waals surface area contributed by atoms with E-state index in [9.17, 15) is 18.2 Å². The van der Waals surface area contributed by atoms with Crippen molar-refractivity contribution in [2.24, 2.45) is 0 Å². The average Bonchev–Trinajstić information content (AvgIpc) is 3.26. The van der Waals surface area contributed by atoms with Crippen LogP contribution in [0, 0.1) is 0 Å². The summed E-state index contributed by atoms with van der Waals surface area (Å²) in [6.45, 7) is 0. The van der Waals surface area contributed by atoms with Gasteiger partial charge in [0.15, 0.2) is 5.82 Å². The van der Waals surface area contributed by atoms with Gasteiger partial charge in [0.05, 0.1) is 11.8 Å². The van der Waals surface area contributed by atoms with E-state index in [1.165, 1.54) is 18.3 Å². The molecule has 1 unspecified atom stereocenters. The zero-order valence-corrected chi connectivity index (χ0v) is 15.4. The molecule has 2 heterocycles. The van der Waals surface area contributed by atoms with Crippen LogP contribution >= 0.6 is 11.6 Å². The third-order valence-electron chi connectivity index (χ3n) is 4.94. The quantitative estimate of drug-likeness (QED) is 0.669. The number of hydrogen-bond donors (Lipinski definition) is 3. The molecule has 1 aliphatic heterocycles. The molecule has 0 bridgehead atoms. The molecular formula is C17H17BClF3N4O2. The Labute approximate surface area is 164 Å². The summed E-state index contributed by atoms with van der Waals surface area (Å²) in [6, 6.07) is 3.93. The maximum Gasteiger partial charge on any atom is 0.493 e. The fourth-order valence-electron chi connectivity index (χ4n) is 3.64. The number of rotatable bonds is 4. The molecule has 1 aromatic heterocycles. The molecule has 28 heavy (non-hydrogen) atoms. The van der Waals surface area contributed by atoms with Crippen LogP contribution in [-0.4, -0.2) is 28.2 Å². The van der Waals surface area contributed by atoms with Crippen molar-refractivity contribution in [1.82, 2.24) is 9.97 Å². The molecule has 1 fully saturated rings. The highest BCUT2D eigenvalue weighted by Crippen LogP contribution is 2.34. The van der Waals surface area contributed by atoms with E-state index in [0.29, 0.717) is 10.8 Å². The lowest BCUT2D eigenvalue weighted by molar-refractivity contribution is -0.136. The van der Waals surface area contributed by atoms with Crippen molar-refractivity contribution in [3.63, 3.8) is 0 Å². The van der Waals surface area contributed by atoms with Crippen LogP contribution in [0.3, 0.4) is 0 Å². The van der Waals surface area contributed by atoms with Crippen LogP contribution in [0.1, 0.15) is 43.0 Å². The molecule has 0 spiro atoms. The Bertz CT molecular complexity index is 880. The van der Waals surface area contributed by atoms with E-state index < -0.39 is 25.1 Å². The van der Waals surface area contributed by atoms with Crippen molar-refractivity contribution in [2.75, 3.05) is 10.6 Å². The van der Waals surface area contributed by atoms with E-state index in [0.717, 1.165) is 31.7 Å². The second-order valence-electron chi connectivity index (χ2n) is 6.83. The van der Waals surface area contributed by atoms with Gasteiger partial charge in [-0.15, -0.1) is 0 Å². The van der Waals surface area contributed by atoms with Gasteiger partial charge in [0.1, 0.15) is 11.3 Å². The molecule has 3 N–H and O–H groups in total. The van der Waals surface area contributed by atoms with Crippen LogP contribution in [0.15, 0.2) is 24.4 Å². The first-order valence-corrected chi connectivity index (χ1v) is 9.30. The zero-order chi connectivity index (χ0) is 19.9. The minimum absolute atomic E-state index is 0.132. The number of nitrogens with zero attached hydrogens (tertiary/aromatic N) is 2. The van der Waals surface area contributed by atoms with E-state index >= 15 is 0 Å². The number of benzene rings is 1. The number of anilines is 2. The summed E-state index contributed by atoms with van der Waals surface area (Å²) in [5.74, 6) is 0.584. The smallest absolute Gasteiger partial charge is 0.423 e. The summed E-state index contributed by atoms with van der Waals surface area (Å²) in [7, 11) is -1.70. The predicted octanol–water partition coefficient (Wildman–Crippen LogP) is 3.33. The summed E-state index contributed by atoms with van der Waals surface area (Å²) in [5, 5.41) is 16.5. The van der Waals surface area contributed by atoms with Gasteiger partial charge in [0.2, 0.25) is 5.95 Å². The van der Waals surface area contributed by atoms with Crippen LogP contribution in [0.5, 0.6) is 0 Å². The van der Waals surface area contributed by atoms with Crippen molar-refractivity contribution in [2.45, 2.75) is 44.1 Å². The fraction of sp³-hybridized carbons (Fsp3) is 0.412. The van der Waals surface area contributed by atoms with Gasteiger partial charge in [-0.1, -0.05) is 42.6 Å². The third-order valence-corrected chi connectivity index (χ3v) is 5.22. The van der Waals surface area contributed by atoms with Gasteiger partial charge in [0.25, 0.3) is 0 Å². The van der Waals surface area contributed by atoms with Crippen molar-refractivity contribution in [3.05, 3.63) is 40.5 Å². The van der Waals surface area contributed by atoms with Crippen molar-refractivity contribution in [3.8, 4) is 0 Å². The van der Waals surface area contributed by atoms with Gasteiger partial charge < -0.3 is 20.3 Å². The predicted molar refractivity (Wildman–Crippen MR) is 99.4 cm³/mol. The van der Waals surface area contributed by atoms with Crippen molar-refractivity contribution >= 4 is 35.9 Å². The van der Waals surface area contributed by atoms with Gasteiger partial charge in [-0.2, -0.15) is 18.2 Å². The average molecular weight is 413 g/mol. The molecule has 1 aliphatic carbocycles. The van der Waals surface area contributed by atoms with Crippen LogP contribution in [-0.2, 0) is 10.8 Å². The lowest BCUT2D eigenvalue weighted by Gasteiger charge is -2.17. The minimum Gasteiger partial charge on any atom is -0.423 e. The standard InChI is InChI=1S/C17H17BClF3N4O2/c19-12-8-23-16(25-14(12)24-9-4-1-2-5-9)26-15-10-6-3-7-11(17(20,21)22)13(10)18(27)28-15/h3,6-9,15,27H,1-2,4-5H2,(H2,23,24,25,26). The highest BCUT2D eigenvalue weighted by Gasteiger charge is 2.44. The number of halogens is 4. The van der Waals surface area contributed by atoms with E-state index in [-0.39, 0.29) is 23.0 Å². The molecule has 0 saturated heterocycles. The molecule has 2 aliphatic rings. The topological polar surface area (TPSA) is 79.3 Å². The Balaban J connectivity index is 1.58.